The van der Waals surface area contributed by atoms with Crippen LogP contribution in [-0.4, -0.2) is 106 Å². The number of halogens is 2. The summed E-state index contributed by atoms with van der Waals surface area (Å²) in [5, 5.41) is 32.4. The van der Waals surface area contributed by atoms with E-state index in [1.165, 1.54) is 26.2 Å². The van der Waals surface area contributed by atoms with Crippen LogP contribution in [0.1, 0.15) is 93.9 Å². The summed E-state index contributed by atoms with van der Waals surface area (Å²) in [5.74, 6) is -3.98. The summed E-state index contributed by atoms with van der Waals surface area (Å²) >= 11 is 0. The fraction of sp³-hybridized carbons (Fsp3) is 0.636. The van der Waals surface area contributed by atoms with Gasteiger partial charge < -0.3 is 34.3 Å². The minimum Gasteiger partial charge on any atom is -0.492 e. The average Bonchev–Trinajstić information content (AvgIpc) is 3.98. The fourth-order valence-corrected chi connectivity index (χ4v) is 12.6. The van der Waals surface area contributed by atoms with Gasteiger partial charge >= 0.3 is 5.97 Å². The first kappa shape index (κ1) is 40.8. The van der Waals surface area contributed by atoms with Gasteiger partial charge in [0.05, 0.1) is 24.1 Å². The van der Waals surface area contributed by atoms with Gasteiger partial charge in [-0.2, -0.15) is 0 Å². The van der Waals surface area contributed by atoms with E-state index in [2.05, 4.69) is 0 Å². The molecule has 2 heterocycles. The van der Waals surface area contributed by atoms with Crippen molar-refractivity contribution in [3.05, 3.63) is 56.7 Å². The predicted octanol–water partition coefficient (Wildman–Crippen LogP) is 5.20. The van der Waals surface area contributed by atoms with Crippen molar-refractivity contribution in [2.45, 2.75) is 110 Å². The number of carbonyl (C=O) groups excluding carboxylic acids is 2. The topological polar surface area (TPSA) is 159 Å². The van der Waals surface area contributed by atoms with Gasteiger partial charge in [0.15, 0.2) is 28.8 Å². The first-order valence-electron chi connectivity index (χ1n) is 20.6. The van der Waals surface area contributed by atoms with Crippen molar-refractivity contribution in [3.8, 4) is 5.75 Å². The van der Waals surface area contributed by atoms with E-state index in [9.17, 15) is 34.5 Å². The maximum Gasteiger partial charge on any atom is 0.341 e. The highest BCUT2D eigenvalue weighted by atomic mass is 19.1. The number of aromatic carboxylic acids is 1. The number of nitrogens with zero attached hydrogens (tertiary/aromatic N) is 3. The molecule has 0 radical (unpaired) electrons. The van der Waals surface area contributed by atoms with E-state index in [0.29, 0.717) is 55.7 Å². The molecule has 1 saturated heterocycles. The van der Waals surface area contributed by atoms with E-state index in [0.717, 1.165) is 12.8 Å². The summed E-state index contributed by atoms with van der Waals surface area (Å²) in [5.41, 5.74) is -5.37. The number of carboxylic acid groups (broad SMARTS) is 1. The molecule has 0 amide bonds. The summed E-state index contributed by atoms with van der Waals surface area (Å²) in [4.78, 5) is 56.3. The third kappa shape index (κ3) is 5.29. The summed E-state index contributed by atoms with van der Waals surface area (Å²) in [6.07, 6.45) is 5.84. The molecule has 1 aliphatic heterocycles. The number of methoxy groups -OCH3 is 1. The van der Waals surface area contributed by atoms with E-state index in [1.54, 1.807) is 19.9 Å². The molecule has 5 aliphatic carbocycles. The van der Waals surface area contributed by atoms with Gasteiger partial charge in [-0.3, -0.25) is 19.3 Å². The summed E-state index contributed by atoms with van der Waals surface area (Å²) in [7, 11) is 1.42. The number of hydrogen-bond acceptors (Lipinski definition) is 10. The van der Waals surface area contributed by atoms with Gasteiger partial charge in [-0.05, 0) is 90.2 Å². The number of aromatic nitrogens is 1. The lowest BCUT2D eigenvalue weighted by molar-refractivity contribution is -0.236. The number of carbonyl (C=O) groups is 3. The number of anilines is 1. The van der Waals surface area contributed by atoms with Crippen LogP contribution in [0.15, 0.2) is 28.6 Å². The number of ketones is 2. The SMILES string of the molecule is COc1c(N2CCN(CO[C@]3(C(=O)CO)[C@H](C)C[C@H]4[C@@H]5CCC6=CC(=O)C=C[C@]6(C)[C@@]5(F)[C@@H](O)C[C@@]43C)C(C)C2)c(F)c(C)c2c(=O)c(C(=O)O)c(C)n(C3CC3)c12. The molecule has 1 unspecified atom stereocenters. The molecular weight excluding hydrogens is 752 g/mol. The third-order valence-electron chi connectivity index (χ3n) is 15.6. The lowest BCUT2D eigenvalue weighted by Crippen LogP contribution is -2.70. The van der Waals surface area contributed by atoms with E-state index < -0.39 is 69.6 Å². The predicted molar refractivity (Wildman–Crippen MR) is 211 cm³/mol. The number of aliphatic hydroxyl groups excluding tert-OH is 2. The molecule has 58 heavy (non-hydrogen) atoms. The molecule has 2 aromatic rings. The van der Waals surface area contributed by atoms with Crippen LogP contribution in [0.25, 0.3) is 10.9 Å². The lowest BCUT2D eigenvalue weighted by Gasteiger charge is -2.63. The van der Waals surface area contributed by atoms with Crippen LogP contribution in [0.2, 0.25) is 0 Å². The van der Waals surface area contributed by atoms with Gasteiger partial charge in [0.2, 0.25) is 5.43 Å². The number of aliphatic hydroxyl groups is 2. The van der Waals surface area contributed by atoms with E-state index in [-0.39, 0.29) is 64.9 Å². The van der Waals surface area contributed by atoms with Crippen molar-refractivity contribution in [2.24, 2.45) is 28.6 Å². The number of rotatable bonds is 9. The van der Waals surface area contributed by atoms with E-state index in [4.69, 9.17) is 9.47 Å². The Hall–Kier alpha value is -3.98. The van der Waals surface area contributed by atoms with Crippen molar-refractivity contribution in [2.75, 3.05) is 45.0 Å². The minimum absolute atomic E-state index is 0.00760. The van der Waals surface area contributed by atoms with Crippen molar-refractivity contribution >= 4 is 34.1 Å². The Kier molecular flexibility index (Phi) is 9.69. The van der Waals surface area contributed by atoms with Gasteiger partial charge in [-0.1, -0.05) is 25.5 Å². The number of aryl methyl sites for hydroxylation is 1. The first-order valence-corrected chi connectivity index (χ1v) is 20.6. The highest BCUT2D eigenvalue weighted by molar-refractivity contribution is 6.01. The molecule has 6 aliphatic rings. The largest absolute Gasteiger partial charge is 0.492 e. The molecule has 12 nitrogen and oxygen atoms in total. The van der Waals surface area contributed by atoms with Crippen LogP contribution in [0.5, 0.6) is 5.75 Å². The van der Waals surface area contributed by atoms with Crippen LogP contribution in [0.3, 0.4) is 0 Å². The molecule has 4 saturated carbocycles. The van der Waals surface area contributed by atoms with Crippen molar-refractivity contribution in [3.63, 3.8) is 0 Å². The second-order valence-corrected chi connectivity index (χ2v) is 18.3. The lowest BCUT2D eigenvalue weighted by atomic mass is 9.44. The zero-order valence-corrected chi connectivity index (χ0v) is 34.4. The second-order valence-electron chi connectivity index (χ2n) is 18.3. The number of ether oxygens (including phenoxy) is 2. The summed E-state index contributed by atoms with van der Waals surface area (Å²) < 4.78 is 49.1. The van der Waals surface area contributed by atoms with E-state index in [1.807, 2.05) is 35.1 Å². The maximum atomic E-state index is 17.9. The Balaban J connectivity index is 1.09. The molecule has 9 atom stereocenters. The van der Waals surface area contributed by atoms with Crippen LogP contribution >= 0.6 is 0 Å². The van der Waals surface area contributed by atoms with Crippen molar-refractivity contribution < 1.29 is 48.0 Å². The normalized spacial score (nSPS) is 36.1. The van der Waals surface area contributed by atoms with Gasteiger partial charge in [-0.15, -0.1) is 0 Å². The van der Waals surface area contributed by atoms with Crippen LogP contribution in [0.4, 0.5) is 14.5 Å². The molecule has 5 fully saturated rings. The maximum absolute atomic E-state index is 17.9. The highest BCUT2D eigenvalue weighted by Gasteiger charge is 2.76. The Morgan fingerprint density at radius 1 is 1.07 bits per heavy atom. The third-order valence-corrected chi connectivity index (χ3v) is 15.6. The highest BCUT2D eigenvalue weighted by Crippen LogP contribution is 2.71. The number of fused-ring (bicyclic) bond motifs is 6. The molecule has 0 bridgehead atoms. The van der Waals surface area contributed by atoms with Gasteiger partial charge in [0.1, 0.15) is 30.2 Å². The number of allylic oxidation sites excluding steroid dienone is 4. The van der Waals surface area contributed by atoms with E-state index >= 15 is 8.78 Å². The Morgan fingerprint density at radius 3 is 2.40 bits per heavy atom. The first-order chi connectivity index (χ1) is 27.3. The molecule has 1 aromatic heterocycles. The van der Waals surface area contributed by atoms with Crippen LogP contribution in [0, 0.1) is 48.2 Å². The Morgan fingerprint density at radius 2 is 1.78 bits per heavy atom. The molecular formula is C44H55F2N3O9. The Bertz CT molecular complexity index is 2250. The number of pyridine rings is 1. The summed E-state index contributed by atoms with van der Waals surface area (Å²) in [6.45, 7) is 10.8. The fourth-order valence-electron chi connectivity index (χ4n) is 12.6. The Labute approximate surface area is 336 Å². The molecule has 3 N–H and O–H groups in total. The molecule has 1 aromatic carbocycles. The van der Waals surface area contributed by atoms with Crippen LogP contribution < -0.4 is 15.1 Å². The van der Waals surface area contributed by atoms with Gasteiger partial charge in [-0.25, -0.2) is 13.6 Å². The molecule has 314 valence electrons. The molecule has 14 heteroatoms. The van der Waals surface area contributed by atoms with Crippen molar-refractivity contribution in [1.82, 2.24) is 9.47 Å². The monoisotopic (exact) mass is 807 g/mol. The standard InChI is InChI=1S/C44H55F2N3O9/c1-22-16-30-29-11-8-26-17-28(51)12-13-41(26,5)43(29,46)31(52)18-42(30,6)44(22,32(53)20-50)58-21-48-15-14-47(19-23(48)2)37-35(45)24(3)33-36(39(37)57-7)49(27-9-10-27)25(4)34(38(33)54)40(55)56/h12-13,17,22-23,27,29-31,50,52H,8-11,14-16,18-21H2,1-7H3,(H,55,56)/t22-,23?,29+,30+,31+,41+,42+,43+,44+/m1/s1. The smallest absolute Gasteiger partial charge is 0.341 e. The number of hydrogen-bond donors (Lipinski definition) is 3. The number of benzene rings is 1. The number of piperazine rings is 1. The number of alkyl halides is 1. The van der Waals surface area contributed by atoms with Gasteiger partial charge in [0.25, 0.3) is 0 Å². The zero-order chi connectivity index (χ0) is 42.0. The summed E-state index contributed by atoms with van der Waals surface area (Å²) in [6, 6.07) is -0.303. The second kappa shape index (κ2) is 13.8. The average molecular weight is 808 g/mol. The molecule has 8 rings (SSSR count). The van der Waals surface area contributed by atoms with Crippen LogP contribution in [-0.2, 0) is 14.3 Å². The quantitative estimate of drug-likeness (QED) is 0.306. The minimum atomic E-state index is -2.08. The number of Topliss-reactive ketones (excluding diaryl/α,β-unsaturated/α-hetero) is 1. The van der Waals surface area contributed by atoms with Crippen molar-refractivity contribution in [1.29, 1.82) is 0 Å². The van der Waals surface area contributed by atoms with Gasteiger partial charge in [0, 0.05) is 59.7 Å². The number of carboxylic acids is 1. The molecule has 0 spiro atoms. The zero-order valence-electron chi connectivity index (χ0n) is 34.4.